The number of nitro benzene ring substituents is 1. The highest BCUT2D eigenvalue weighted by molar-refractivity contribution is 5.99. The second-order valence-corrected chi connectivity index (χ2v) is 5.97. The van der Waals surface area contributed by atoms with Crippen LogP contribution < -0.4 is 11.1 Å². The average molecular weight is 339 g/mol. The van der Waals surface area contributed by atoms with Crippen LogP contribution in [0.15, 0.2) is 36.4 Å². The highest BCUT2D eigenvalue weighted by Gasteiger charge is 2.18. The highest BCUT2D eigenvalue weighted by atomic mass is 16.6. The number of nitrogens with two attached hydrogens (primary N) is 1. The van der Waals surface area contributed by atoms with Gasteiger partial charge in [-0.25, -0.2) is 0 Å². The van der Waals surface area contributed by atoms with Crippen molar-refractivity contribution in [3.8, 4) is 0 Å². The number of fused-ring (bicyclic) bond motifs is 1. The Morgan fingerprint density at radius 3 is 2.72 bits per heavy atom. The van der Waals surface area contributed by atoms with Crippen molar-refractivity contribution in [3.63, 3.8) is 0 Å². The van der Waals surface area contributed by atoms with Crippen molar-refractivity contribution in [2.75, 3.05) is 5.32 Å². The molecular weight excluding hydrogens is 322 g/mol. The predicted molar refractivity (Wildman–Crippen MR) is 92.7 cm³/mol. The Balaban J connectivity index is 1.82. The molecule has 2 aromatic rings. The van der Waals surface area contributed by atoms with Gasteiger partial charge in [-0.2, -0.15) is 0 Å². The molecule has 1 amide bonds. The molecule has 0 spiro atoms. The minimum Gasteiger partial charge on any atom is -0.381 e. The van der Waals surface area contributed by atoms with Crippen LogP contribution in [0.3, 0.4) is 0 Å². The zero-order valence-electron chi connectivity index (χ0n) is 13.5. The van der Waals surface area contributed by atoms with Gasteiger partial charge in [0.1, 0.15) is 0 Å². The van der Waals surface area contributed by atoms with Gasteiger partial charge in [0.2, 0.25) is 5.91 Å². The van der Waals surface area contributed by atoms with Crippen molar-refractivity contribution in [2.45, 2.75) is 25.8 Å². The first-order valence-corrected chi connectivity index (χ1v) is 7.93. The Kier molecular flexibility index (Phi) is 4.47. The predicted octanol–water partition coefficient (Wildman–Crippen LogP) is 2.82. The lowest BCUT2D eigenvalue weighted by atomic mass is 9.90. The lowest BCUT2D eigenvalue weighted by molar-refractivity contribution is -0.385. The Hall–Kier alpha value is -3.22. The van der Waals surface area contributed by atoms with Crippen LogP contribution in [-0.4, -0.2) is 16.6 Å². The molecule has 0 atom stereocenters. The number of nitrogens with zero attached hydrogens (tertiary/aromatic N) is 1. The van der Waals surface area contributed by atoms with Gasteiger partial charge in [-0.05, 0) is 42.7 Å². The Morgan fingerprint density at radius 1 is 1.20 bits per heavy atom. The minimum atomic E-state index is -0.712. The number of ketones is 1. The van der Waals surface area contributed by atoms with E-state index in [0.717, 1.165) is 29.7 Å². The lowest BCUT2D eigenvalue weighted by Gasteiger charge is -2.16. The van der Waals surface area contributed by atoms with Crippen LogP contribution in [0, 0.1) is 10.1 Å². The maximum absolute atomic E-state index is 12.0. The molecule has 7 nitrogen and oxygen atoms in total. The average Bonchev–Trinajstić information content (AvgIpc) is 2.60. The number of carbonyl (C=O) groups is 2. The Labute approximate surface area is 144 Å². The van der Waals surface area contributed by atoms with Gasteiger partial charge < -0.3 is 11.1 Å². The van der Waals surface area contributed by atoms with E-state index < -0.39 is 10.8 Å². The van der Waals surface area contributed by atoms with Crippen molar-refractivity contribution in [2.24, 2.45) is 5.73 Å². The summed E-state index contributed by atoms with van der Waals surface area (Å²) in [5, 5.41) is 14.3. The van der Waals surface area contributed by atoms with E-state index in [1.54, 1.807) is 6.07 Å². The summed E-state index contributed by atoms with van der Waals surface area (Å²) in [6.07, 6.45) is 2.31. The van der Waals surface area contributed by atoms with Gasteiger partial charge in [0, 0.05) is 41.4 Å². The number of Topliss-reactive ketones (excluding diaryl/α,β-unsaturated/α-hetero) is 1. The van der Waals surface area contributed by atoms with Crippen LogP contribution in [0.2, 0.25) is 0 Å². The molecule has 0 heterocycles. The van der Waals surface area contributed by atoms with E-state index in [1.165, 1.54) is 18.2 Å². The molecule has 1 aliphatic carbocycles. The summed E-state index contributed by atoms with van der Waals surface area (Å²) >= 11 is 0. The number of primary amides is 1. The molecule has 0 fully saturated rings. The van der Waals surface area contributed by atoms with Gasteiger partial charge in [0.05, 0.1) is 4.92 Å². The molecule has 25 heavy (non-hydrogen) atoms. The first kappa shape index (κ1) is 16.6. The molecule has 3 rings (SSSR count). The van der Waals surface area contributed by atoms with Crippen molar-refractivity contribution in [3.05, 3.63) is 68.8 Å². The van der Waals surface area contributed by atoms with Gasteiger partial charge in [0.15, 0.2) is 5.78 Å². The zero-order chi connectivity index (χ0) is 18.0. The summed E-state index contributed by atoms with van der Waals surface area (Å²) < 4.78 is 0. The third kappa shape index (κ3) is 3.50. The summed E-state index contributed by atoms with van der Waals surface area (Å²) in [4.78, 5) is 33.9. The van der Waals surface area contributed by atoms with E-state index in [-0.39, 0.29) is 23.6 Å². The van der Waals surface area contributed by atoms with Crippen molar-refractivity contribution >= 4 is 23.1 Å². The lowest BCUT2D eigenvalue weighted by Crippen LogP contribution is -2.13. The van der Waals surface area contributed by atoms with Gasteiger partial charge >= 0.3 is 0 Å². The summed E-state index contributed by atoms with van der Waals surface area (Å²) in [5.74, 6) is -0.586. The number of nitrogens with one attached hydrogen (secondary N) is 1. The summed E-state index contributed by atoms with van der Waals surface area (Å²) in [7, 11) is 0. The first-order valence-electron chi connectivity index (χ1n) is 7.93. The topological polar surface area (TPSA) is 115 Å². The molecule has 2 aromatic carbocycles. The first-order chi connectivity index (χ1) is 12.0. The Morgan fingerprint density at radius 2 is 2.00 bits per heavy atom. The van der Waals surface area contributed by atoms with E-state index in [0.29, 0.717) is 12.0 Å². The number of rotatable bonds is 5. The molecule has 3 N–H and O–H groups in total. The number of amides is 1. The van der Waals surface area contributed by atoms with Gasteiger partial charge in [0.25, 0.3) is 5.69 Å². The quantitative estimate of drug-likeness (QED) is 0.642. The van der Waals surface area contributed by atoms with Crippen LogP contribution in [0.4, 0.5) is 11.4 Å². The van der Waals surface area contributed by atoms with E-state index in [1.807, 2.05) is 12.1 Å². The molecule has 1 aliphatic rings. The van der Waals surface area contributed by atoms with Crippen LogP contribution in [0.25, 0.3) is 0 Å². The van der Waals surface area contributed by atoms with Crippen molar-refractivity contribution < 1.29 is 14.5 Å². The van der Waals surface area contributed by atoms with Crippen LogP contribution in [-0.2, 0) is 13.0 Å². The van der Waals surface area contributed by atoms with Crippen LogP contribution in [0.5, 0.6) is 0 Å². The third-order valence-electron chi connectivity index (χ3n) is 4.31. The third-order valence-corrected chi connectivity index (χ3v) is 4.31. The maximum atomic E-state index is 12.0. The summed E-state index contributed by atoms with van der Waals surface area (Å²) in [5.41, 5.74) is 8.00. The summed E-state index contributed by atoms with van der Waals surface area (Å²) in [6, 6.07) is 9.72. The minimum absolute atomic E-state index is 0.0924. The normalized spacial score (nSPS) is 13.2. The van der Waals surface area contributed by atoms with Gasteiger partial charge in [-0.1, -0.05) is 6.07 Å². The summed E-state index contributed by atoms with van der Waals surface area (Å²) in [6.45, 7) is 0.197. The molecule has 0 aliphatic heterocycles. The fourth-order valence-electron chi connectivity index (χ4n) is 2.97. The smallest absolute Gasteiger partial charge is 0.275 e. The standard InChI is InChI=1S/C18H17N3O4/c19-18(23)12-4-5-13(16(8-12)21(24)25)10-20-14-7-6-11-2-1-3-17(22)15(11)9-14/h4-9,20H,1-3,10H2,(H2,19,23). The molecule has 0 unspecified atom stereocenters. The number of aryl methyl sites for hydroxylation is 1. The molecule has 0 bridgehead atoms. The second-order valence-electron chi connectivity index (χ2n) is 5.97. The molecule has 0 saturated heterocycles. The number of benzene rings is 2. The maximum Gasteiger partial charge on any atom is 0.275 e. The van der Waals surface area contributed by atoms with E-state index in [2.05, 4.69) is 5.32 Å². The molecule has 0 radical (unpaired) electrons. The SMILES string of the molecule is NC(=O)c1ccc(CNc2ccc3c(c2)C(=O)CCC3)c([N+](=O)[O-])c1. The monoisotopic (exact) mass is 339 g/mol. The van der Waals surface area contributed by atoms with Gasteiger partial charge in [-0.15, -0.1) is 0 Å². The molecule has 128 valence electrons. The number of anilines is 1. The number of nitro groups is 1. The molecule has 0 saturated carbocycles. The van der Waals surface area contributed by atoms with Gasteiger partial charge in [-0.3, -0.25) is 19.7 Å². The fraction of sp³-hybridized carbons (Fsp3) is 0.222. The van der Waals surface area contributed by atoms with Crippen LogP contribution >= 0.6 is 0 Å². The Bertz CT molecular complexity index is 877. The fourth-order valence-corrected chi connectivity index (χ4v) is 2.97. The largest absolute Gasteiger partial charge is 0.381 e. The zero-order valence-corrected chi connectivity index (χ0v) is 13.5. The number of carbonyl (C=O) groups excluding carboxylic acids is 2. The van der Waals surface area contributed by atoms with Crippen molar-refractivity contribution in [1.82, 2.24) is 0 Å². The van der Waals surface area contributed by atoms with E-state index in [4.69, 9.17) is 5.73 Å². The highest BCUT2D eigenvalue weighted by Crippen LogP contribution is 2.26. The van der Waals surface area contributed by atoms with Crippen molar-refractivity contribution in [1.29, 1.82) is 0 Å². The molecular formula is C18H17N3O4. The number of hydrogen-bond acceptors (Lipinski definition) is 5. The van der Waals surface area contributed by atoms with Crippen LogP contribution in [0.1, 0.15) is 44.7 Å². The molecule has 7 heteroatoms. The number of hydrogen-bond donors (Lipinski definition) is 2. The van der Waals surface area contributed by atoms with E-state index in [9.17, 15) is 19.7 Å². The van der Waals surface area contributed by atoms with E-state index >= 15 is 0 Å². The second kappa shape index (κ2) is 6.72. The molecule has 0 aromatic heterocycles.